The van der Waals surface area contributed by atoms with E-state index in [0.29, 0.717) is 5.75 Å². The first-order chi connectivity index (χ1) is 13.3. The fourth-order valence-corrected chi connectivity index (χ4v) is 2.76. The molecule has 1 aromatic rings. The molecule has 152 valence electrons. The highest BCUT2D eigenvalue weighted by atomic mass is 16.5. The standard InChI is InChI=1S/C20H26N2O6/c1-5-26-19(24)18-13(4)21-20(25)22-16(18)11-27-17(23)10-14-7-6-8-15(9-14)28-12(2)3/h6-9,12-13H,5,10-11H2,1-4H3,(H2,21,22,25). The normalized spacial score (nSPS) is 16.3. The van der Waals surface area contributed by atoms with Gasteiger partial charge in [0.1, 0.15) is 12.4 Å². The van der Waals surface area contributed by atoms with E-state index in [-0.39, 0.29) is 37.0 Å². The Balaban J connectivity index is 2.04. The van der Waals surface area contributed by atoms with E-state index in [1.54, 1.807) is 32.0 Å². The molecule has 0 bridgehead atoms. The maximum atomic E-state index is 12.2. The van der Waals surface area contributed by atoms with Crippen LogP contribution in [0.25, 0.3) is 0 Å². The molecule has 8 nitrogen and oxygen atoms in total. The first-order valence-corrected chi connectivity index (χ1v) is 9.19. The van der Waals surface area contributed by atoms with Crippen molar-refractivity contribution in [2.24, 2.45) is 0 Å². The van der Waals surface area contributed by atoms with E-state index in [2.05, 4.69) is 10.6 Å². The minimum absolute atomic E-state index is 0.0287. The third-order valence-corrected chi connectivity index (χ3v) is 3.86. The van der Waals surface area contributed by atoms with E-state index in [9.17, 15) is 14.4 Å². The second kappa shape index (κ2) is 9.77. The molecule has 0 spiro atoms. The third kappa shape index (κ3) is 6.00. The molecule has 1 unspecified atom stereocenters. The van der Waals surface area contributed by atoms with Crippen LogP contribution >= 0.6 is 0 Å². The van der Waals surface area contributed by atoms with Crippen LogP contribution in [0.4, 0.5) is 4.79 Å². The number of rotatable bonds is 8. The van der Waals surface area contributed by atoms with Crippen molar-refractivity contribution in [3.63, 3.8) is 0 Å². The maximum Gasteiger partial charge on any atom is 0.338 e. The predicted molar refractivity (Wildman–Crippen MR) is 102 cm³/mol. The quantitative estimate of drug-likeness (QED) is 0.659. The molecule has 0 aromatic heterocycles. The fraction of sp³-hybridized carbons (Fsp3) is 0.450. The van der Waals surface area contributed by atoms with Gasteiger partial charge in [-0.05, 0) is 45.4 Å². The Bertz CT molecular complexity index is 772. The molecular weight excluding hydrogens is 364 g/mol. The van der Waals surface area contributed by atoms with Gasteiger partial charge in [-0.15, -0.1) is 0 Å². The predicted octanol–water partition coefficient (Wildman–Crippen LogP) is 2.08. The van der Waals surface area contributed by atoms with Gasteiger partial charge in [0, 0.05) is 0 Å². The Hall–Kier alpha value is -3.03. The summed E-state index contributed by atoms with van der Waals surface area (Å²) < 4.78 is 15.9. The number of carbonyl (C=O) groups excluding carboxylic acids is 3. The lowest BCUT2D eigenvalue weighted by Crippen LogP contribution is -2.50. The highest BCUT2D eigenvalue weighted by molar-refractivity contribution is 5.94. The average molecular weight is 390 g/mol. The Morgan fingerprint density at radius 1 is 1.21 bits per heavy atom. The first-order valence-electron chi connectivity index (χ1n) is 9.19. The van der Waals surface area contributed by atoms with Crippen LogP contribution in [-0.4, -0.2) is 43.3 Å². The van der Waals surface area contributed by atoms with Crippen LogP contribution in [0.2, 0.25) is 0 Å². The van der Waals surface area contributed by atoms with E-state index >= 15 is 0 Å². The lowest BCUT2D eigenvalue weighted by Gasteiger charge is -2.26. The van der Waals surface area contributed by atoms with Crippen molar-refractivity contribution in [2.75, 3.05) is 13.2 Å². The summed E-state index contributed by atoms with van der Waals surface area (Å²) in [5.41, 5.74) is 1.20. The largest absolute Gasteiger partial charge is 0.491 e. The van der Waals surface area contributed by atoms with Crippen molar-refractivity contribution >= 4 is 18.0 Å². The van der Waals surface area contributed by atoms with Gasteiger partial charge >= 0.3 is 18.0 Å². The van der Waals surface area contributed by atoms with Gasteiger partial charge in [-0.2, -0.15) is 0 Å². The molecule has 1 aliphatic heterocycles. The molecule has 8 heteroatoms. The molecule has 1 aliphatic rings. The minimum atomic E-state index is -0.563. The van der Waals surface area contributed by atoms with E-state index in [1.807, 2.05) is 19.9 Å². The van der Waals surface area contributed by atoms with Crippen LogP contribution in [0, 0.1) is 0 Å². The summed E-state index contributed by atoms with van der Waals surface area (Å²) in [7, 11) is 0. The maximum absolute atomic E-state index is 12.2. The van der Waals surface area contributed by atoms with Crippen LogP contribution in [0.15, 0.2) is 35.5 Å². The van der Waals surface area contributed by atoms with Crippen molar-refractivity contribution in [2.45, 2.75) is 46.3 Å². The summed E-state index contributed by atoms with van der Waals surface area (Å²) >= 11 is 0. The number of esters is 2. The van der Waals surface area contributed by atoms with Gasteiger partial charge in [-0.25, -0.2) is 9.59 Å². The highest BCUT2D eigenvalue weighted by Gasteiger charge is 2.30. The zero-order chi connectivity index (χ0) is 20.7. The van der Waals surface area contributed by atoms with Crippen molar-refractivity contribution in [1.82, 2.24) is 10.6 Å². The van der Waals surface area contributed by atoms with Gasteiger partial charge in [0.15, 0.2) is 0 Å². The van der Waals surface area contributed by atoms with E-state index < -0.39 is 24.0 Å². The Morgan fingerprint density at radius 2 is 1.96 bits per heavy atom. The SMILES string of the molecule is CCOC(=O)C1=C(COC(=O)Cc2cccc(OC(C)C)c2)NC(=O)NC1C. The summed E-state index contributed by atoms with van der Waals surface area (Å²) in [6, 6.07) is 6.18. The van der Waals surface area contributed by atoms with Crippen LogP contribution < -0.4 is 15.4 Å². The first kappa shape index (κ1) is 21.3. The van der Waals surface area contributed by atoms with Gasteiger partial charge in [0.2, 0.25) is 0 Å². The molecule has 0 fully saturated rings. The summed E-state index contributed by atoms with van der Waals surface area (Å²) in [6.07, 6.45) is 0.0694. The van der Waals surface area contributed by atoms with Gasteiger partial charge in [-0.3, -0.25) is 4.79 Å². The monoisotopic (exact) mass is 390 g/mol. The van der Waals surface area contributed by atoms with Crippen molar-refractivity contribution < 1.29 is 28.6 Å². The minimum Gasteiger partial charge on any atom is -0.491 e. The van der Waals surface area contributed by atoms with Crippen LogP contribution in [0.1, 0.15) is 33.3 Å². The number of urea groups is 1. The molecule has 2 N–H and O–H groups in total. The molecule has 1 atom stereocenters. The van der Waals surface area contributed by atoms with E-state index in [0.717, 1.165) is 5.56 Å². The van der Waals surface area contributed by atoms with Crippen LogP contribution in [0.3, 0.4) is 0 Å². The van der Waals surface area contributed by atoms with Crippen molar-refractivity contribution in [3.05, 3.63) is 41.1 Å². The number of nitrogens with one attached hydrogen (secondary N) is 2. The highest BCUT2D eigenvalue weighted by Crippen LogP contribution is 2.17. The lowest BCUT2D eigenvalue weighted by molar-refractivity contribution is -0.143. The van der Waals surface area contributed by atoms with Crippen LogP contribution in [-0.2, 0) is 25.5 Å². The number of hydrogen-bond donors (Lipinski definition) is 2. The number of ether oxygens (including phenoxy) is 3. The fourth-order valence-electron chi connectivity index (χ4n) is 2.76. The zero-order valence-corrected chi connectivity index (χ0v) is 16.5. The Kier molecular flexibility index (Phi) is 7.43. The number of amides is 2. The van der Waals surface area contributed by atoms with Crippen LogP contribution in [0.5, 0.6) is 5.75 Å². The van der Waals surface area contributed by atoms with E-state index in [1.165, 1.54) is 0 Å². The molecule has 2 rings (SSSR count). The van der Waals surface area contributed by atoms with Gasteiger partial charge in [0.25, 0.3) is 0 Å². The molecule has 2 amide bonds. The molecule has 0 aliphatic carbocycles. The molecule has 0 radical (unpaired) electrons. The summed E-state index contributed by atoms with van der Waals surface area (Å²) in [6.45, 7) is 7.16. The smallest absolute Gasteiger partial charge is 0.338 e. The zero-order valence-electron chi connectivity index (χ0n) is 16.5. The van der Waals surface area contributed by atoms with E-state index in [4.69, 9.17) is 14.2 Å². The van der Waals surface area contributed by atoms with Gasteiger partial charge in [0.05, 0.1) is 36.4 Å². The topological polar surface area (TPSA) is 103 Å². The lowest BCUT2D eigenvalue weighted by atomic mass is 10.0. The number of carbonyl (C=O) groups is 3. The van der Waals surface area contributed by atoms with Gasteiger partial charge < -0.3 is 24.8 Å². The molecule has 1 heterocycles. The summed E-state index contributed by atoms with van der Waals surface area (Å²) in [5.74, 6) is -0.378. The second-order valence-corrected chi connectivity index (χ2v) is 6.58. The molecule has 0 saturated heterocycles. The molecule has 0 saturated carbocycles. The summed E-state index contributed by atoms with van der Waals surface area (Å²) in [5, 5.41) is 5.10. The molecule has 28 heavy (non-hydrogen) atoms. The second-order valence-electron chi connectivity index (χ2n) is 6.58. The van der Waals surface area contributed by atoms with Gasteiger partial charge in [-0.1, -0.05) is 12.1 Å². The average Bonchev–Trinajstić information content (AvgIpc) is 2.59. The number of benzene rings is 1. The Labute approximate surface area is 164 Å². The Morgan fingerprint density at radius 3 is 2.64 bits per heavy atom. The molecule has 1 aromatic carbocycles. The number of hydrogen-bond acceptors (Lipinski definition) is 6. The summed E-state index contributed by atoms with van der Waals surface area (Å²) in [4.78, 5) is 36.1. The molecular formula is C20H26N2O6. The third-order valence-electron chi connectivity index (χ3n) is 3.86. The van der Waals surface area contributed by atoms with Crippen molar-refractivity contribution in [3.8, 4) is 5.75 Å². The van der Waals surface area contributed by atoms with Crippen molar-refractivity contribution in [1.29, 1.82) is 0 Å².